The molecule has 0 amide bonds. The van der Waals surface area contributed by atoms with Crippen molar-refractivity contribution in [2.24, 2.45) is 0 Å². The first-order valence-corrected chi connectivity index (χ1v) is 5.70. The first-order valence-electron chi connectivity index (χ1n) is 4.88. The molecule has 0 bridgehead atoms. The number of nitrogens with one attached hydrogen (secondary N) is 1. The van der Waals surface area contributed by atoms with E-state index in [1.807, 2.05) is 12.4 Å². The van der Waals surface area contributed by atoms with Crippen LogP contribution in [0.25, 0.3) is 10.6 Å². The molecule has 0 fully saturated rings. The topological polar surface area (TPSA) is 50.7 Å². The largest absolute Gasteiger partial charge is 0.311 e. The van der Waals surface area contributed by atoms with Gasteiger partial charge < -0.3 is 5.32 Å². The summed E-state index contributed by atoms with van der Waals surface area (Å²) in [4.78, 5) is 14.0. The van der Waals surface area contributed by atoms with Gasteiger partial charge >= 0.3 is 0 Å². The standard InChI is InChI=1S/C10H10N4S/c1-2-11-5-9-8(1)14-10(15-9)7-3-12-6-13-4-7/h3-4,6,11H,1-2,5H2. The molecule has 15 heavy (non-hydrogen) atoms. The highest BCUT2D eigenvalue weighted by Gasteiger charge is 2.15. The van der Waals surface area contributed by atoms with Crippen molar-refractivity contribution in [3.8, 4) is 10.6 Å². The minimum Gasteiger partial charge on any atom is -0.311 e. The third-order valence-corrected chi connectivity index (χ3v) is 3.56. The first-order chi connectivity index (χ1) is 7.43. The average Bonchev–Trinajstić information content (AvgIpc) is 2.74. The van der Waals surface area contributed by atoms with E-state index in [0.717, 1.165) is 30.1 Å². The molecule has 0 spiro atoms. The summed E-state index contributed by atoms with van der Waals surface area (Å²) in [7, 11) is 0. The Labute approximate surface area is 91.4 Å². The molecule has 1 N–H and O–H groups in total. The smallest absolute Gasteiger partial charge is 0.127 e. The Bertz CT molecular complexity index is 442. The average molecular weight is 218 g/mol. The van der Waals surface area contributed by atoms with Crippen molar-refractivity contribution >= 4 is 11.3 Å². The lowest BCUT2D eigenvalue weighted by molar-refractivity contribution is 0.644. The van der Waals surface area contributed by atoms with E-state index in [1.54, 1.807) is 17.7 Å². The van der Waals surface area contributed by atoms with E-state index >= 15 is 0 Å². The normalized spacial score (nSPS) is 14.9. The maximum absolute atomic E-state index is 4.62. The van der Waals surface area contributed by atoms with Gasteiger partial charge in [-0.25, -0.2) is 15.0 Å². The molecule has 5 heteroatoms. The molecule has 2 aromatic rings. The molecule has 2 aromatic heterocycles. The maximum Gasteiger partial charge on any atom is 0.127 e. The van der Waals surface area contributed by atoms with Crippen molar-refractivity contribution in [2.45, 2.75) is 13.0 Å². The summed E-state index contributed by atoms with van der Waals surface area (Å²) in [6.07, 6.45) is 6.19. The van der Waals surface area contributed by atoms with Crippen LogP contribution in [0.15, 0.2) is 18.7 Å². The lowest BCUT2D eigenvalue weighted by Gasteiger charge is -2.09. The second-order valence-electron chi connectivity index (χ2n) is 3.44. The van der Waals surface area contributed by atoms with Crippen LogP contribution in [0.2, 0.25) is 0 Å². The zero-order valence-electron chi connectivity index (χ0n) is 8.10. The molecule has 76 valence electrons. The zero-order valence-corrected chi connectivity index (χ0v) is 8.92. The van der Waals surface area contributed by atoms with Crippen LogP contribution in [0, 0.1) is 0 Å². The molecule has 1 aliphatic rings. The molecular weight excluding hydrogens is 208 g/mol. The second-order valence-corrected chi connectivity index (χ2v) is 4.53. The number of nitrogens with zero attached hydrogens (tertiary/aromatic N) is 3. The summed E-state index contributed by atoms with van der Waals surface area (Å²) in [6, 6.07) is 0. The highest BCUT2D eigenvalue weighted by Crippen LogP contribution is 2.28. The van der Waals surface area contributed by atoms with Gasteiger partial charge in [-0.05, 0) is 0 Å². The van der Waals surface area contributed by atoms with E-state index in [0.29, 0.717) is 0 Å². The monoisotopic (exact) mass is 218 g/mol. The number of fused-ring (bicyclic) bond motifs is 1. The van der Waals surface area contributed by atoms with Gasteiger partial charge in [0, 0.05) is 42.3 Å². The van der Waals surface area contributed by atoms with E-state index in [-0.39, 0.29) is 0 Å². The molecule has 4 nitrogen and oxygen atoms in total. The summed E-state index contributed by atoms with van der Waals surface area (Å²) in [5.41, 5.74) is 2.24. The third-order valence-electron chi connectivity index (χ3n) is 2.41. The van der Waals surface area contributed by atoms with Crippen LogP contribution in [0.4, 0.5) is 0 Å². The summed E-state index contributed by atoms with van der Waals surface area (Å²) < 4.78 is 0. The van der Waals surface area contributed by atoms with Crippen LogP contribution < -0.4 is 5.32 Å². The fourth-order valence-corrected chi connectivity index (χ4v) is 2.71. The summed E-state index contributed by atoms with van der Waals surface area (Å²) >= 11 is 1.73. The van der Waals surface area contributed by atoms with Gasteiger partial charge in [0.1, 0.15) is 11.3 Å². The van der Waals surface area contributed by atoms with Gasteiger partial charge in [0.05, 0.1) is 5.69 Å². The van der Waals surface area contributed by atoms with Gasteiger partial charge in [-0.1, -0.05) is 0 Å². The molecular formula is C10H10N4S. The van der Waals surface area contributed by atoms with Gasteiger partial charge in [0.25, 0.3) is 0 Å². The van der Waals surface area contributed by atoms with Crippen LogP contribution in [-0.4, -0.2) is 21.5 Å². The van der Waals surface area contributed by atoms with Crippen molar-refractivity contribution in [3.63, 3.8) is 0 Å². The molecule has 0 saturated heterocycles. The maximum atomic E-state index is 4.62. The van der Waals surface area contributed by atoms with Gasteiger partial charge in [-0.2, -0.15) is 0 Å². The number of hydrogen-bond donors (Lipinski definition) is 1. The predicted octanol–water partition coefficient (Wildman–Crippen LogP) is 1.25. The van der Waals surface area contributed by atoms with Gasteiger partial charge in [-0.3, -0.25) is 0 Å². The summed E-state index contributed by atoms with van der Waals surface area (Å²) in [5, 5.41) is 4.38. The number of aromatic nitrogens is 3. The Balaban J connectivity index is 2.03. The van der Waals surface area contributed by atoms with Crippen LogP contribution in [-0.2, 0) is 13.0 Å². The van der Waals surface area contributed by atoms with E-state index in [9.17, 15) is 0 Å². The van der Waals surface area contributed by atoms with Crippen molar-refractivity contribution in [1.29, 1.82) is 0 Å². The Hall–Kier alpha value is -1.33. The van der Waals surface area contributed by atoms with Crippen LogP contribution in [0.5, 0.6) is 0 Å². The minimum absolute atomic E-state index is 0.945. The Morgan fingerprint density at radius 3 is 2.93 bits per heavy atom. The molecule has 0 saturated carbocycles. The van der Waals surface area contributed by atoms with E-state index < -0.39 is 0 Å². The number of rotatable bonds is 1. The van der Waals surface area contributed by atoms with Crippen LogP contribution in [0.3, 0.4) is 0 Å². The number of hydrogen-bond acceptors (Lipinski definition) is 5. The Morgan fingerprint density at radius 2 is 2.13 bits per heavy atom. The van der Waals surface area contributed by atoms with Crippen molar-refractivity contribution in [3.05, 3.63) is 29.3 Å². The highest BCUT2D eigenvalue weighted by molar-refractivity contribution is 7.15. The second kappa shape index (κ2) is 3.67. The number of thiazole rings is 1. The Kier molecular flexibility index (Phi) is 2.19. The van der Waals surface area contributed by atoms with Gasteiger partial charge in [0.15, 0.2) is 0 Å². The molecule has 1 aliphatic heterocycles. The molecule has 0 atom stereocenters. The molecule has 3 rings (SSSR count). The molecule has 0 aromatic carbocycles. The fraction of sp³-hybridized carbons (Fsp3) is 0.300. The summed E-state index contributed by atoms with van der Waals surface area (Å²) in [5.74, 6) is 0. The predicted molar refractivity (Wildman–Crippen MR) is 58.6 cm³/mol. The minimum atomic E-state index is 0.945. The molecule has 0 radical (unpaired) electrons. The molecule has 3 heterocycles. The van der Waals surface area contributed by atoms with Crippen LogP contribution >= 0.6 is 11.3 Å². The highest BCUT2D eigenvalue weighted by atomic mass is 32.1. The third kappa shape index (κ3) is 1.64. The SMILES string of the molecule is c1ncc(-c2nc3c(s2)CNCC3)cn1. The van der Waals surface area contributed by atoms with Crippen molar-refractivity contribution in [1.82, 2.24) is 20.3 Å². The van der Waals surface area contributed by atoms with Gasteiger partial charge in [-0.15, -0.1) is 11.3 Å². The lowest BCUT2D eigenvalue weighted by Crippen LogP contribution is -2.22. The quantitative estimate of drug-likeness (QED) is 0.782. The van der Waals surface area contributed by atoms with Gasteiger partial charge in [0.2, 0.25) is 0 Å². The van der Waals surface area contributed by atoms with Crippen LogP contribution in [0.1, 0.15) is 10.6 Å². The molecule has 0 aliphatic carbocycles. The fourth-order valence-electron chi connectivity index (χ4n) is 1.66. The summed E-state index contributed by atoms with van der Waals surface area (Å²) in [6.45, 7) is 1.97. The Morgan fingerprint density at radius 1 is 1.27 bits per heavy atom. The molecule has 0 unspecified atom stereocenters. The van der Waals surface area contributed by atoms with E-state index in [4.69, 9.17) is 0 Å². The lowest BCUT2D eigenvalue weighted by atomic mass is 10.2. The van der Waals surface area contributed by atoms with E-state index in [1.165, 1.54) is 10.6 Å². The van der Waals surface area contributed by atoms with E-state index in [2.05, 4.69) is 20.3 Å². The first kappa shape index (κ1) is 8.94. The zero-order chi connectivity index (χ0) is 10.1. The van der Waals surface area contributed by atoms with Crippen molar-refractivity contribution < 1.29 is 0 Å². The van der Waals surface area contributed by atoms with Crippen molar-refractivity contribution in [2.75, 3.05) is 6.54 Å².